The molecule has 0 spiro atoms. The summed E-state index contributed by atoms with van der Waals surface area (Å²) in [6.45, 7) is 8.76. The number of fused-ring (bicyclic) bond motifs is 2. The summed E-state index contributed by atoms with van der Waals surface area (Å²) in [4.78, 5) is 9.11. The molecule has 0 fully saturated rings. The Labute approximate surface area is 248 Å². The fourth-order valence-electron chi connectivity index (χ4n) is 4.25. The van der Waals surface area contributed by atoms with Crippen LogP contribution in [-0.2, 0) is 0 Å². The van der Waals surface area contributed by atoms with E-state index in [0.717, 1.165) is 47.8 Å². The first-order chi connectivity index (χ1) is 19.8. The standard InChI is InChI=1S/C17H18N2OS.C16H16N2OS/c1-11(2)12-5-4-6-13(9-12)18-17-19-15-10-14(20-3)7-8-16(15)21-17;1-10(2)11-4-3-5-12(8-11)17-16-18-14-9-13(19)6-7-15(14)20-16/h4-11H,1-3H3,(H,18,19);3-10,19H,1-2H3,(H,17,18). The number of phenols is 1. The molecule has 0 unspecified atom stereocenters. The Morgan fingerprint density at radius 1 is 0.659 bits per heavy atom. The lowest BCUT2D eigenvalue weighted by Gasteiger charge is -2.08. The number of nitrogens with zero attached hydrogens (tertiary/aromatic N) is 2. The van der Waals surface area contributed by atoms with Crippen LogP contribution in [0.3, 0.4) is 0 Å². The van der Waals surface area contributed by atoms with Crippen LogP contribution in [-0.4, -0.2) is 22.2 Å². The van der Waals surface area contributed by atoms with Crippen LogP contribution >= 0.6 is 22.7 Å². The molecule has 0 radical (unpaired) electrons. The summed E-state index contributed by atoms with van der Waals surface area (Å²) in [5, 5.41) is 17.9. The van der Waals surface area contributed by atoms with Gasteiger partial charge in [0.15, 0.2) is 10.3 Å². The van der Waals surface area contributed by atoms with Crippen LogP contribution < -0.4 is 15.4 Å². The molecule has 3 N–H and O–H groups in total. The van der Waals surface area contributed by atoms with Gasteiger partial charge in [-0.3, -0.25) is 0 Å². The van der Waals surface area contributed by atoms with Crippen molar-refractivity contribution < 1.29 is 9.84 Å². The number of aromatic nitrogens is 2. The SMILES string of the molecule is CC(C)c1cccc(Nc2nc3cc(O)ccc3s2)c1.COc1ccc2sc(Nc3cccc(C(C)C)c3)nc2c1. The van der Waals surface area contributed by atoms with Crippen LogP contribution in [0.5, 0.6) is 11.5 Å². The molecule has 0 aliphatic heterocycles. The van der Waals surface area contributed by atoms with Gasteiger partial charge in [0.25, 0.3) is 0 Å². The zero-order valence-electron chi connectivity index (χ0n) is 23.8. The second-order valence-corrected chi connectivity index (χ2v) is 12.4. The number of hydrogen-bond donors (Lipinski definition) is 3. The highest BCUT2D eigenvalue weighted by molar-refractivity contribution is 7.22. The molecular weight excluding hydrogens is 549 g/mol. The maximum atomic E-state index is 9.47. The first-order valence-corrected chi connectivity index (χ1v) is 15.2. The Bertz CT molecular complexity index is 1770. The van der Waals surface area contributed by atoms with Gasteiger partial charge in [-0.05, 0) is 71.5 Å². The van der Waals surface area contributed by atoms with Crippen LogP contribution in [0.25, 0.3) is 20.4 Å². The van der Waals surface area contributed by atoms with E-state index >= 15 is 0 Å². The van der Waals surface area contributed by atoms with Crippen molar-refractivity contribution in [1.29, 1.82) is 0 Å². The summed E-state index contributed by atoms with van der Waals surface area (Å²) in [6, 6.07) is 28.1. The highest BCUT2D eigenvalue weighted by Crippen LogP contribution is 2.32. The molecule has 0 aliphatic rings. The molecule has 41 heavy (non-hydrogen) atoms. The van der Waals surface area contributed by atoms with Crippen molar-refractivity contribution >= 4 is 64.7 Å². The zero-order valence-corrected chi connectivity index (χ0v) is 25.4. The smallest absolute Gasteiger partial charge is 0.188 e. The topological polar surface area (TPSA) is 79.3 Å². The largest absolute Gasteiger partial charge is 0.508 e. The predicted octanol–water partition coefficient (Wildman–Crippen LogP) is 10.0. The van der Waals surface area contributed by atoms with Gasteiger partial charge in [0.1, 0.15) is 11.5 Å². The van der Waals surface area contributed by atoms with Crippen LogP contribution in [0.4, 0.5) is 21.6 Å². The Hall–Kier alpha value is -4.14. The fraction of sp³-hybridized carbons (Fsp3) is 0.212. The predicted molar refractivity (Wildman–Crippen MR) is 175 cm³/mol. The monoisotopic (exact) mass is 582 g/mol. The minimum atomic E-state index is 0.246. The highest BCUT2D eigenvalue weighted by atomic mass is 32.1. The first-order valence-electron chi connectivity index (χ1n) is 13.6. The van der Waals surface area contributed by atoms with Gasteiger partial charge in [-0.25, -0.2) is 9.97 Å². The zero-order chi connectivity index (χ0) is 28.9. The van der Waals surface area contributed by atoms with E-state index in [9.17, 15) is 5.11 Å². The highest BCUT2D eigenvalue weighted by Gasteiger charge is 2.08. The quantitative estimate of drug-likeness (QED) is 0.174. The fourth-order valence-corrected chi connectivity index (χ4v) is 5.99. The molecule has 0 saturated carbocycles. The summed E-state index contributed by atoms with van der Waals surface area (Å²) in [5.41, 5.74) is 6.52. The number of aromatic hydroxyl groups is 1. The van der Waals surface area contributed by atoms with E-state index in [1.165, 1.54) is 11.1 Å². The maximum Gasteiger partial charge on any atom is 0.188 e. The molecule has 6 nitrogen and oxygen atoms in total. The average molecular weight is 583 g/mol. The minimum Gasteiger partial charge on any atom is -0.508 e. The Morgan fingerprint density at radius 3 is 1.68 bits per heavy atom. The van der Waals surface area contributed by atoms with Gasteiger partial charge in [0.05, 0.1) is 27.5 Å². The number of phenolic OH excluding ortho intramolecular Hbond substituents is 1. The summed E-state index contributed by atoms with van der Waals surface area (Å²) in [7, 11) is 1.67. The molecule has 0 atom stereocenters. The van der Waals surface area contributed by atoms with Crippen LogP contribution in [0.2, 0.25) is 0 Å². The lowest BCUT2D eigenvalue weighted by Crippen LogP contribution is -1.92. The second-order valence-electron chi connectivity index (χ2n) is 10.3. The van der Waals surface area contributed by atoms with E-state index in [2.05, 4.69) is 90.8 Å². The van der Waals surface area contributed by atoms with Gasteiger partial charge >= 0.3 is 0 Å². The second kappa shape index (κ2) is 12.6. The first kappa shape index (κ1) is 28.4. The van der Waals surface area contributed by atoms with Gasteiger partial charge in [-0.2, -0.15) is 0 Å². The summed E-state index contributed by atoms with van der Waals surface area (Å²) in [5.74, 6) is 2.10. The average Bonchev–Trinajstić information content (AvgIpc) is 3.55. The van der Waals surface area contributed by atoms with E-state index in [-0.39, 0.29) is 5.75 Å². The van der Waals surface area contributed by atoms with Crippen molar-refractivity contribution in [1.82, 2.24) is 9.97 Å². The van der Waals surface area contributed by atoms with Crippen molar-refractivity contribution in [2.24, 2.45) is 0 Å². The Balaban J connectivity index is 0.000000165. The number of benzene rings is 4. The number of methoxy groups -OCH3 is 1. The van der Waals surface area contributed by atoms with E-state index < -0.39 is 0 Å². The molecule has 0 aliphatic carbocycles. The third kappa shape index (κ3) is 7.14. The van der Waals surface area contributed by atoms with Crippen molar-refractivity contribution in [3.8, 4) is 11.5 Å². The molecule has 6 rings (SSSR count). The van der Waals surface area contributed by atoms with Crippen LogP contribution in [0, 0.1) is 0 Å². The molecule has 8 heteroatoms. The van der Waals surface area contributed by atoms with Gasteiger partial charge in [0.2, 0.25) is 0 Å². The van der Waals surface area contributed by atoms with Crippen LogP contribution in [0.1, 0.15) is 50.7 Å². The molecule has 2 heterocycles. The van der Waals surface area contributed by atoms with Gasteiger partial charge in [-0.1, -0.05) is 74.6 Å². The van der Waals surface area contributed by atoms with Crippen molar-refractivity contribution in [3.63, 3.8) is 0 Å². The number of nitrogens with one attached hydrogen (secondary N) is 2. The van der Waals surface area contributed by atoms with Crippen molar-refractivity contribution in [2.45, 2.75) is 39.5 Å². The Kier molecular flexibility index (Phi) is 8.71. The summed E-state index contributed by atoms with van der Waals surface area (Å²) >= 11 is 3.23. The third-order valence-electron chi connectivity index (χ3n) is 6.58. The van der Waals surface area contributed by atoms with Crippen molar-refractivity contribution in [2.75, 3.05) is 17.7 Å². The van der Waals surface area contributed by atoms with E-state index in [1.54, 1.807) is 41.9 Å². The van der Waals surface area contributed by atoms with Gasteiger partial charge < -0.3 is 20.5 Å². The molecule has 0 saturated heterocycles. The maximum absolute atomic E-state index is 9.47. The summed E-state index contributed by atoms with van der Waals surface area (Å²) in [6.07, 6.45) is 0. The number of ether oxygens (including phenoxy) is 1. The third-order valence-corrected chi connectivity index (χ3v) is 8.48. The number of anilines is 4. The number of rotatable bonds is 7. The van der Waals surface area contributed by atoms with Gasteiger partial charge in [-0.15, -0.1) is 0 Å². The lowest BCUT2D eigenvalue weighted by atomic mass is 10.0. The molecule has 4 aromatic carbocycles. The van der Waals surface area contributed by atoms with Crippen LogP contribution in [0.15, 0.2) is 84.9 Å². The molecular formula is C33H34N4O2S2. The Morgan fingerprint density at radius 2 is 1.17 bits per heavy atom. The number of thiazole rings is 2. The van der Waals surface area contributed by atoms with E-state index in [4.69, 9.17) is 4.74 Å². The molecule has 2 aromatic heterocycles. The normalized spacial score (nSPS) is 11.1. The summed E-state index contributed by atoms with van der Waals surface area (Å²) < 4.78 is 7.45. The number of hydrogen-bond acceptors (Lipinski definition) is 8. The molecule has 210 valence electrons. The minimum absolute atomic E-state index is 0.246. The molecule has 6 aromatic rings. The molecule has 0 bridgehead atoms. The van der Waals surface area contributed by atoms with Gasteiger partial charge in [0, 0.05) is 23.5 Å². The van der Waals surface area contributed by atoms with E-state index in [0.29, 0.717) is 11.8 Å². The lowest BCUT2D eigenvalue weighted by molar-refractivity contribution is 0.415. The van der Waals surface area contributed by atoms with Crippen molar-refractivity contribution in [3.05, 3.63) is 96.1 Å². The molecule has 0 amide bonds. The van der Waals surface area contributed by atoms with E-state index in [1.807, 2.05) is 30.3 Å².